The van der Waals surface area contributed by atoms with Crippen LogP contribution in [-0.2, 0) is 0 Å². The number of rotatable bonds is 0. The lowest BCUT2D eigenvalue weighted by molar-refractivity contribution is 1.36. The van der Waals surface area contributed by atoms with Gasteiger partial charge in [-0.1, -0.05) is 18.2 Å². The largest absolute Gasteiger partial charge is 0.398 e. The van der Waals surface area contributed by atoms with Gasteiger partial charge in [-0.05, 0) is 12.1 Å². The first-order chi connectivity index (χ1) is 7.36. The van der Waals surface area contributed by atoms with E-state index in [0.717, 1.165) is 27.5 Å². The van der Waals surface area contributed by atoms with Crippen LogP contribution in [0, 0.1) is 0 Å². The van der Waals surface area contributed by atoms with Gasteiger partial charge < -0.3 is 5.73 Å². The van der Waals surface area contributed by atoms with Crippen LogP contribution in [0.15, 0.2) is 42.7 Å². The van der Waals surface area contributed by atoms with Gasteiger partial charge in [-0.25, -0.2) is 0 Å². The number of nitrogens with zero attached hydrogens (tertiary/aromatic N) is 2. The lowest BCUT2D eigenvalue weighted by Gasteiger charge is -2.04. The van der Waals surface area contributed by atoms with E-state index in [4.69, 9.17) is 5.73 Å². The first-order valence-electron chi connectivity index (χ1n) is 4.74. The van der Waals surface area contributed by atoms with Crippen LogP contribution < -0.4 is 5.73 Å². The average molecular weight is 195 g/mol. The zero-order valence-corrected chi connectivity index (χ0v) is 8.01. The Bertz CT molecular complexity index is 646. The number of hydrogen-bond donors (Lipinski definition) is 1. The average Bonchev–Trinajstić information content (AvgIpc) is 2.29. The number of pyridine rings is 2. The minimum atomic E-state index is 0.749. The van der Waals surface area contributed by atoms with E-state index >= 15 is 0 Å². The van der Waals surface area contributed by atoms with Crippen molar-refractivity contribution >= 4 is 27.5 Å². The van der Waals surface area contributed by atoms with E-state index in [-0.39, 0.29) is 0 Å². The molecule has 0 aliphatic rings. The number of fused-ring (bicyclic) bond motifs is 3. The predicted molar refractivity (Wildman–Crippen MR) is 61.5 cm³/mol. The van der Waals surface area contributed by atoms with Crippen molar-refractivity contribution in [3.05, 3.63) is 42.7 Å². The molecule has 0 aliphatic heterocycles. The van der Waals surface area contributed by atoms with E-state index in [1.807, 2.05) is 30.3 Å². The number of nitrogen functional groups attached to an aromatic ring is 1. The molecule has 0 amide bonds. The maximum atomic E-state index is 5.95. The Morgan fingerprint density at radius 1 is 0.933 bits per heavy atom. The minimum absolute atomic E-state index is 0.749. The van der Waals surface area contributed by atoms with E-state index in [2.05, 4.69) is 9.97 Å². The maximum Gasteiger partial charge on any atom is 0.0912 e. The van der Waals surface area contributed by atoms with Crippen molar-refractivity contribution in [3.63, 3.8) is 0 Å². The third kappa shape index (κ3) is 1.13. The van der Waals surface area contributed by atoms with Crippen LogP contribution >= 0.6 is 0 Å². The van der Waals surface area contributed by atoms with E-state index in [9.17, 15) is 0 Å². The van der Waals surface area contributed by atoms with Gasteiger partial charge >= 0.3 is 0 Å². The Morgan fingerprint density at radius 2 is 1.80 bits per heavy atom. The fourth-order valence-electron chi connectivity index (χ4n) is 1.81. The Kier molecular flexibility index (Phi) is 1.59. The van der Waals surface area contributed by atoms with Crippen LogP contribution in [0.25, 0.3) is 21.8 Å². The molecular formula is C12H9N3. The molecule has 0 saturated carbocycles. The summed E-state index contributed by atoms with van der Waals surface area (Å²) in [6, 6.07) is 9.75. The molecule has 3 nitrogen and oxygen atoms in total. The van der Waals surface area contributed by atoms with Gasteiger partial charge in [-0.15, -0.1) is 0 Å². The molecule has 0 bridgehead atoms. The highest BCUT2D eigenvalue weighted by Crippen LogP contribution is 2.26. The first kappa shape index (κ1) is 8.17. The molecule has 3 aromatic rings. The van der Waals surface area contributed by atoms with Crippen LogP contribution in [0.2, 0.25) is 0 Å². The minimum Gasteiger partial charge on any atom is -0.398 e. The summed E-state index contributed by atoms with van der Waals surface area (Å²) in [6.07, 6.45) is 3.46. The quantitative estimate of drug-likeness (QED) is 0.560. The van der Waals surface area contributed by atoms with Crippen LogP contribution in [0.3, 0.4) is 0 Å². The summed E-state index contributed by atoms with van der Waals surface area (Å²) in [5.41, 5.74) is 8.49. The second-order valence-electron chi connectivity index (χ2n) is 3.44. The molecule has 2 N–H and O–H groups in total. The Balaban J connectivity index is 2.64. The number of anilines is 1. The van der Waals surface area contributed by atoms with Gasteiger partial charge in [0.15, 0.2) is 0 Å². The zero-order chi connectivity index (χ0) is 10.3. The van der Waals surface area contributed by atoms with Crippen LogP contribution in [0.4, 0.5) is 5.69 Å². The van der Waals surface area contributed by atoms with Crippen LogP contribution in [0.1, 0.15) is 0 Å². The molecule has 0 aliphatic carbocycles. The lowest BCUT2D eigenvalue weighted by Crippen LogP contribution is -1.91. The molecule has 0 fully saturated rings. The summed E-state index contributed by atoms with van der Waals surface area (Å²) < 4.78 is 0. The van der Waals surface area contributed by atoms with Crippen molar-refractivity contribution in [2.75, 3.05) is 5.73 Å². The normalized spacial score (nSPS) is 10.9. The molecule has 72 valence electrons. The summed E-state index contributed by atoms with van der Waals surface area (Å²) in [5.74, 6) is 0. The van der Waals surface area contributed by atoms with Crippen molar-refractivity contribution in [1.82, 2.24) is 9.97 Å². The number of para-hydroxylation sites is 1. The molecule has 2 aromatic heterocycles. The van der Waals surface area contributed by atoms with Crippen molar-refractivity contribution in [2.24, 2.45) is 0 Å². The summed E-state index contributed by atoms with van der Waals surface area (Å²) >= 11 is 0. The van der Waals surface area contributed by atoms with Gasteiger partial charge in [-0.2, -0.15) is 0 Å². The smallest absolute Gasteiger partial charge is 0.0912 e. The lowest BCUT2D eigenvalue weighted by atomic mass is 10.1. The Labute approximate surface area is 86.6 Å². The third-order valence-corrected chi connectivity index (χ3v) is 2.51. The molecule has 15 heavy (non-hydrogen) atoms. The standard InChI is InChI=1S/C12H9N3/c13-9-5-6-14-11-7-15-10-4-2-1-3-8(10)12(9)11/h1-7H,(H2,13,14). The molecule has 0 saturated heterocycles. The van der Waals surface area contributed by atoms with E-state index < -0.39 is 0 Å². The van der Waals surface area contributed by atoms with E-state index in [1.54, 1.807) is 12.4 Å². The topological polar surface area (TPSA) is 51.8 Å². The third-order valence-electron chi connectivity index (χ3n) is 2.51. The van der Waals surface area contributed by atoms with Crippen molar-refractivity contribution in [3.8, 4) is 0 Å². The van der Waals surface area contributed by atoms with Crippen LogP contribution in [-0.4, -0.2) is 9.97 Å². The van der Waals surface area contributed by atoms with Gasteiger partial charge in [0.2, 0.25) is 0 Å². The second kappa shape index (κ2) is 2.92. The monoisotopic (exact) mass is 195 g/mol. The molecular weight excluding hydrogens is 186 g/mol. The molecule has 2 heterocycles. The molecule has 0 unspecified atom stereocenters. The molecule has 0 spiro atoms. The number of aromatic nitrogens is 2. The van der Waals surface area contributed by atoms with Gasteiger partial charge in [-0.3, -0.25) is 9.97 Å². The maximum absolute atomic E-state index is 5.95. The SMILES string of the molecule is Nc1ccnc2cnc3ccccc3c12. The number of hydrogen-bond acceptors (Lipinski definition) is 3. The molecule has 3 rings (SSSR count). The molecule has 0 atom stereocenters. The highest BCUT2D eigenvalue weighted by atomic mass is 14.7. The van der Waals surface area contributed by atoms with Crippen molar-refractivity contribution < 1.29 is 0 Å². The number of nitrogens with two attached hydrogens (primary N) is 1. The van der Waals surface area contributed by atoms with Gasteiger partial charge in [0.1, 0.15) is 0 Å². The molecule has 3 heteroatoms. The molecule has 0 radical (unpaired) electrons. The fraction of sp³-hybridized carbons (Fsp3) is 0. The fourth-order valence-corrected chi connectivity index (χ4v) is 1.81. The Morgan fingerprint density at radius 3 is 2.73 bits per heavy atom. The Hall–Kier alpha value is -2.16. The van der Waals surface area contributed by atoms with Gasteiger partial charge in [0.25, 0.3) is 0 Å². The van der Waals surface area contributed by atoms with Crippen molar-refractivity contribution in [2.45, 2.75) is 0 Å². The van der Waals surface area contributed by atoms with E-state index in [1.165, 1.54) is 0 Å². The highest BCUT2D eigenvalue weighted by Gasteiger charge is 2.04. The van der Waals surface area contributed by atoms with Gasteiger partial charge in [0.05, 0.1) is 17.2 Å². The summed E-state index contributed by atoms with van der Waals surface area (Å²) in [6.45, 7) is 0. The highest BCUT2D eigenvalue weighted by molar-refractivity contribution is 6.09. The number of benzene rings is 1. The molecule has 1 aromatic carbocycles. The van der Waals surface area contributed by atoms with Gasteiger partial charge in [0, 0.05) is 22.7 Å². The van der Waals surface area contributed by atoms with Crippen LogP contribution in [0.5, 0.6) is 0 Å². The predicted octanol–water partition coefficient (Wildman–Crippen LogP) is 2.37. The summed E-state index contributed by atoms with van der Waals surface area (Å²) in [5, 5.41) is 2.05. The zero-order valence-electron chi connectivity index (χ0n) is 8.01. The summed E-state index contributed by atoms with van der Waals surface area (Å²) in [7, 11) is 0. The van der Waals surface area contributed by atoms with Crippen molar-refractivity contribution in [1.29, 1.82) is 0 Å². The summed E-state index contributed by atoms with van der Waals surface area (Å²) in [4.78, 5) is 8.58. The first-order valence-corrected chi connectivity index (χ1v) is 4.74. The van der Waals surface area contributed by atoms with E-state index in [0.29, 0.717) is 0 Å². The second-order valence-corrected chi connectivity index (χ2v) is 3.44.